The SMILES string of the molecule is CC1C[C@H]2[C@@H]3CC(F)C4=CC(=O)C=C[C@]4(C)C3(F)C(O)C[C@]2(C)C1(OC(=O)c1ccsn1)C(=O)S. The van der Waals surface area contributed by atoms with Crippen molar-refractivity contribution in [2.75, 3.05) is 0 Å². The summed E-state index contributed by atoms with van der Waals surface area (Å²) in [6.45, 7) is 4.96. The lowest BCUT2D eigenvalue weighted by Gasteiger charge is -2.63. The number of rotatable bonds is 3. The number of hydrogen-bond donors (Lipinski definition) is 2. The molecule has 0 bridgehead atoms. The van der Waals surface area contributed by atoms with Crippen LogP contribution < -0.4 is 0 Å². The molecule has 4 aliphatic carbocycles. The van der Waals surface area contributed by atoms with Crippen LogP contribution in [0.2, 0.25) is 0 Å². The first-order valence-electron chi connectivity index (χ1n) is 11.7. The van der Waals surface area contributed by atoms with Crippen molar-refractivity contribution < 1.29 is 33.0 Å². The lowest BCUT2D eigenvalue weighted by Crippen LogP contribution is -2.70. The zero-order valence-electron chi connectivity index (χ0n) is 19.5. The summed E-state index contributed by atoms with van der Waals surface area (Å²) in [5.74, 6) is -3.35. The van der Waals surface area contributed by atoms with Crippen LogP contribution in [-0.4, -0.2) is 49.9 Å². The summed E-state index contributed by atoms with van der Waals surface area (Å²) in [5.41, 5.74) is -6.70. The van der Waals surface area contributed by atoms with E-state index in [4.69, 9.17) is 4.74 Å². The summed E-state index contributed by atoms with van der Waals surface area (Å²) in [5, 5.41) is 12.3. The molecule has 0 radical (unpaired) electrons. The van der Waals surface area contributed by atoms with E-state index in [0.717, 1.165) is 17.6 Å². The monoisotopic (exact) mass is 523 g/mol. The van der Waals surface area contributed by atoms with Crippen LogP contribution in [0.25, 0.3) is 0 Å². The van der Waals surface area contributed by atoms with Crippen LogP contribution in [0.15, 0.2) is 35.2 Å². The Morgan fingerprint density at radius 2 is 2.00 bits per heavy atom. The number of hydrogen-bond acceptors (Lipinski definition) is 7. The van der Waals surface area contributed by atoms with Gasteiger partial charge in [0.2, 0.25) is 5.12 Å². The molecule has 5 rings (SSSR count). The number of alkyl halides is 2. The van der Waals surface area contributed by atoms with Gasteiger partial charge in [0.25, 0.3) is 0 Å². The minimum atomic E-state index is -2.28. The zero-order chi connectivity index (χ0) is 25.6. The maximum Gasteiger partial charge on any atom is 0.359 e. The van der Waals surface area contributed by atoms with Crippen molar-refractivity contribution >= 4 is 41.0 Å². The van der Waals surface area contributed by atoms with Gasteiger partial charge in [-0.1, -0.05) is 19.9 Å². The zero-order valence-corrected chi connectivity index (χ0v) is 21.2. The number of halogens is 2. The first-order valence-corrected chi connectivity index (χ1v) is 12.9. The molecule has 3 saturated carbocycles. The van der Waals surface area contributed by atoms with E-state index in [1.807, 2.05) is 0 Å². The summed E-state index contributed by atoms with van der Waals surface area (Å²) in [7, 11) is 0. The maximum absolute atomic E-state index is 17.3. The standard InChI is InChI=1S/C25H27F2NO5S2/c1-12-8-14-15-10-17(26)16-9-13(29)4-6-22(16,2)24(15,27)19(30)11-23(14,3)25(12,21(32)34)33-20(31)18-5-7-35-28-18/h4-7,9,12,14-15,17,19,30H,8,10-11H2,1-3H3,(H,32,34)/t12?,14-,15-,17?,19?,22-,23-,24?,25?/m0/s1. The van der Waals surface area contributed by atoms with Crippen LogP contribution in [0.3, 0.4) is 0 Å². The second-order valence-corrected chi connectivity index (χ2v) is 11.9. The molecule has 1 aromatic rings. The van der Waals surface area contributed by atoms with Gasteiger partial charge in [-0.15, -0.1) is 12.6 Å². The Hall–Kier alpha value is -1.91. The molecule has 0 saturated heterocycles. The molecular formula is C25H27F2NO5S2. The van der Waals surface area contributed by atoms with E-state index in [9.17, 15) is 19.5 Å². The van der Waals surface area contributed by atoms with Crippen LogP contribution in [-0.2, 0) is 14.3 Å². The number of esters is 1. The predicted octanol–water partition coefficient (Wildman–Crippen LogP) is 4.06. The highest BCUT2D eigenvalue weighted by atomic mass is 32.1. The Labute approximate surface area is 211 Å². The van der Waals surface area contributed by atoms with Gasteiger partial charge < -0.3 is 9.84 Å². The normalized spacial score (nSPS) is 46.3. The third-order valence-corrected chi connectivity index (χ3v) is 10.3. The quantitative estimate of drug-likeness (QED) is 0.459. The van der Waals surface area contributed by atoms with Gasteiger partial charge >= 0.3 is 5.97 Å². The summed E-state index contributed by atoms with van der Waals surface area (Å²) < 4.78 is 42.7. The number of ketones is 1. The number of nitrogens with zero attached hydrogens (tertiary/aromatic N) is 1. The molecule has 1 N–H and O–H groups in total. The fourth-order valence-electron chi connectivity index (χ4n) is 7.76. The molecule has 0 spiro atoms. The molecule has 3 fully saturated rings. The average Bonchev–Trinajstić information content (AvgIpc) is 3.39. The van der Waals surface area contributed by atoms with Gasteiger partial charge in [-0.25, -0.2) is 13.6 Å². The summed E-state index contributed by atoms with van der Waals surface area (Å²) in [6.07, 6.45) is 0.349. The Balaban J connectivity index is 1.62. The number of fused-ring (bicyclic) bond motifs is 5. The largest absolute Gasteiger partial charge is 0.444 e. The third kappa shape index (κ3) is 2.96. The van der Waals surface area contributed by atoms with E-state index in [0.29, 0.717) is 0 Å². The van der Waals surface area contributed by atoms with Crippen molar-refractivity contribution in [2.45, 2.75) is 63.6 Å². The number of aliphatic hydroxyl groups is 1. The number of aliphatic hydroxyl groups excluding tert-OH is 1. The number of carbonyl (C=O) groups excluding carboxylic acids is 3. The highest BCUT2D eigenvalue weighted by Gasteiger charge is 2.78. The number of aromatic nitrogens is 1. The van der Waals surface area contributed by atoms with Crippen LogP contribution in [0.4, 0.5) is 8.78 Å². The summed E-state index contributed by atoms with van der Waals surface area (Å²) in [6, 6.07) is 1.48. The molecule has 0 aromatic carbocycles. The topological polar surface area (TPSA) is 93.6 Å². The highest BCUT2D eigenvalue weighted by Crippen LogP contribution is 2.71. The second kappa shape index (κ2) is 7.79. The van der Waals surface area contributed by atoms with E-state index >= 15 is 8.78 Å². The minimum Gasteiger partial charge on any atom is -0.444 e. The predicted molar refractivity (Wildman–Crippen MR) is 127 cm³/mol. The first-order chi connectivity index (χ1) is 16.3. The lowest BCUT2D eigenvalue weighted by atomic mass is 9.44. The Kier molecular flexibility index (Phi) is 5.51. The van der Waals surface area contributed by atoms with Crippen LogP contribution in [0, 0.1) is 28.6 Å². The molecule has 1 aromatic heterocycles. The van der Waals surface area contributed by atoms with Crippen molar-refractivity contribution in [1.82, 2.24) is 4.37 Å². The van der Waals surface area contributed by atoms with Crippen molar-refractivity contribution in [3.63, 3.8) is 0 Å². The number of ether oxygens (including phenoxy) is 1. The fourth-order valence-corrected chi connectivity index (χ4v) is 8.78. The third-order valence-electron chi connectivity index (χ3n) is 9.39. The molecule has 35 heavy (non-hydrogen) atoms. The smallest absolute Gasteiger partial charge is 0.359 e. The van der Waals surface area contributed by atoms with Gasteiger partial charge in [-0.3, -0.25) is 9.59 Å². The summed E-state index contributed by atoms with van der Waals surface area (Å²) in [4.78, 5) is 38.1. The first kappa shape index (κ1) is 24.8. The molecule has 1 heterocycles. The number of allylic oxidation sites excluding steroid dienone is 4. The van der Waals surface area contributed by atoms with Crippen molar-refractivity contribution in [3.8, 4) is 0 Å². The molecule has 0 aliphatic heterocycles. The van der Waals surface area contributed by atoms with E-state index in [2.05, 4.69) is 17.0 Å². The molecule has 4 aliphatic rings. The van der Waals surface area contributed by atoms with Crippen LogP contribution >= 0.6 is 24.2 Å². The summed E-state index contributed by atoms with van der Waals surface area (Å²) >= 11 is 5.19. The minimum absolute atomic E-state index is 0.0314. The van der Waals surface area contributed by atoms with Gasteiger partial charge in [0.15, 0.2) is 22.7 Å². The Morgan fingerprint density at radius 1 is 1.29 bits per heavy atom. The number of thiol groups is 1. The van der Waals surface area contributed by atoms with E-state index < -0.39 is 69.0 Å². The molecule has 9 atom stereocenters. The lowest BCUT2D eigenvalue weighted by molar-refractivity contribution is -0.221. The van der Waals surface area contributed by atoms with Gasteiger partial charge in [-0.05, 0) is 67.4 Å². The van der Waals surface area contributed by atoms with Crippen molar-refractivity contribution in [3.05, 3.63) is 40.9 Å². The molecule has 10 heteroatoms. The Morgan fingerprint density at radius 3 is 2.63 bits per heavy atom. The molecule has 0 amide bonds. The molecule has 6 nitrogen and oxygen atoms in total. The van der Waals surface area contributed by atoms with Gasteiger partial charge in [0.05, 0.1) is 6.10 Å². The van der Waals surface area contributed by atoms with E-state index in [1.54, 1.807) is 19.2 Å². The van der Waals surface area contributed by atoms with E-state index in [1.165, 1.54) is 25.1 Å². The van der Waals surface area contributed by atoms with Crippen LogP contribution in [0.5, 0.6) is 0 Å². The van der Waals surface area contributed by atoms with Gasteiger partial charge in [0.1, 0.15) is 6.17 Å². The van der Waals surface area contributed by atoms with Gasteiger partial charge in [-0.2, -0.15) is 4.37 Å². The average molecular weight is 524 g/mol. The second-order valence-electron chi connectivity index (χ2n) is 10.8. The number of carbonyl (C=O) groups is 3. The van der Waals surface area contributed by atoms with Crippen molar-refractivity contribution in [1.29, 1.82) is 0 Å². The maximum atomic E-state index is 17.3. The Bertz CT molecular complexity index is 1170. The van der Waals surface area contributed by atoms with E-state index in [-0.39, 0.29) is 30.5 Å². The van der Waals surface area contributed by atoms with Crippen LogP contribution in [0.1, 0.15) is 50.5 Å². The molecule has 5 unspecified atom stereocenters. The molecule has 188 valence electrons. The van der Waals surface area contributed by atoms with Gasteiger partial charge in [0, 0.05) is 28.0 Å². The van der Waals surface area contributed by atoms with Crippen molar-refractivity contribution in [2.24, 2.45) is 28.6 Å². The highest BCUT2D eigenvalue weighted by molar-refractivity contribution is 7.96. The fraction of sp³-hybridized carbons (Fsp3) is 0.600. The molecular weight excluding hydrogens is 496 g/mol.